The Balaban J connectivity index is 1.04. The minimum Gasteiger partial charge on any atom is -0.353 e. The Labute approximate surface area is 251 Å². The van der Waals surface area contributed by atoms with Gasteiger partial charge in [-0.1, -0.05) is 53.2 Å². The number of thioether (sulfide) groups is 1. The number of piperidine rings is 1. The lowest BCUT2D eigenvalue weighted by Gasteiger charge is -2.32. The molecule has 11 heteroatoms. The fraction of sp³-hybridized carbons (Fsp3) is 0.241. The van der Waals surface area contributed by atoms with Crippen LogP contribution in [0, 0.1) is 0 Å². The number of thiazole rings is 1. The lowest BCUT2D eigenvalue weighted by Crippen LogP contribution is -2.44. The van der Waals surface area contributed by atoms with E-state index in [9.17, 15) is 9.59 Å². The van der Waals surface area contributed by atoms with Crippen molar-refractivity contribution >= 4 is 63.8 Å². The topological polar surface area (TPSA) is 87.2 Å². The molecule has 0 atom stereocenters. The first-order valence-electron chi connectivity index (χ1n) is 12.8. The van der Waals surface area contributed by atoms with Gasteiger partial charge in [0.25, 0.3) is 5.91 Å². The molecule has 0 bridgehead atoms. The van der Waals surface area contributed by atoms with E-state index in [4.69, 9.17) is 23.2 Å². The highest BCUT2D eigenvalue weighted by Crippen LogP contribution is 2.29. The zero-order valence-corrected chi connectivity index (χ0v) is 24.6. The number of hydrogen-bond donors (Lipinski definition) is 2. The first-order valence-corrected chi connectivity index (χ1v) is 15.4. The van der Waals surface area contributed by atoms with Crippen molar-refractivity contribution in [3.63, 3.8) is 0 Å². The number of carbonyl (C=O) groups is 2. The maximum absolute atomic E-state index is 12.6. The third-order valence-electron chi connectivity index (χ3n) is 6.51. The van der Waals surface area contributed by atoms with E-state index in [2.05, 4.69) is 25.5 Å². The van der Waals surface area contributed by atoms with Crippen LogP contribution in [0.1, 0.15) is 28.8 Å². The van der Waals surface area contributed by atoms with E-state index >= 15 is 0 Å². The predicted molar refractivity (Wildman–Crippen MR) is 163 cm³/mol. The number of halogens is 2. The summed E-state index contributed by atoms with van der Waals surface area (Å²) in [6, 6.07) is 16.9. The molecule has 2 aromatic heterocycles. The van der Waals surface area contributed by atoms with Crippen molar-refractivity contribution in [3.05, 3.63) is 93.5 Å². The Kier molecular flexibility index (Phi) is 9.72. The first kappa shape index (κ1) is 28.6. The largest absolute Gasteiger partial charge is 0.353 e. The number of nitrogens with zero attached hydrogens (tertiary/aromatic N) is 3. The van der Waals surface area contributed by atoms with Gasteiger partial charge in [-0.3, -0.25) is 19.5 Å². The lowest BCUT2D eigenvalue weighted by molar-refractivity contribution is -0.119. The smallest absolute Gasteiger partial charge is 0.257 e. The molecule has 3 heterocycles. The first-order chi connectivity index (χ1) is 19.4. The molecule has 0 aliphatic carbocycles. The summed E-state index contributed by atoms with van der Waals surface area (Å²) < 4.78 is 0.843. The van der Waals surface area contributed by atoms with E-state index < -0.39 is 0 Å². The maximum Gasteiger partial charge on any atom is 0.257 e. The quantitative estimate of drug-likeness (QED) is 0.206. The average molecular weight is 613 g/mol. The van der Waals surface area contributed by atoms with Crippen molar-refractivity contribution in [2.24, 2.45) is 0 Å². The SMILES string of the molecule is O=C(CSc1nc(-c2ccc(NC(=O)c3cccnc3)cc2)cs1)NC1CCN(Cc2ccc(Cl)c(Cl)c2)CC1. The van der Waals surface area contributed by atoms with Crippen molar-refractivity contribution < 1.29 is 9.59 Å². The molecule has 4 aromatic rings. The van der Waals surface area contributed by atoms with Crippen molar-refractivity contribution in [1.29, 1.82) is 0 Å². The van der Waals surface area contributed by atoms with Crippen LogP contribution in [-0.4, -0.2) is 51.6 Å². The van der Waals surface area contributed by atoms with Crippen LogP contribution in [0.3, 0.4) is 0 Å². The molecule has 40 heavy (non-hydrogen) atoms. The minimum atomic E-state index is -0.208. The van der Waals surface area contributed by atoms with Gasteiger partial charge in [-0.25, -0.2) is 4.98 Å². The second-order valence-corrected chi connectivity index (χ2v) is 12.3. The number of nitrogens with one attached hydrogen (secondary N) is 2. The third kappa shape index (κ3) is 7.83. The summed E-state index contributed by atoms with van der Waals surface area (Å²) in [6.45, 7) is 2.66. The number of rotatable bonds is 9. The van der Waals surface area contributed by atoms with E-state index in [0.29, 0.717) is 27.0 Å². The zero-order valence-electron chi connectivity index (χ0n) is 21.5. The molecule has 206 valence electrons. The highest BCUT2D eigenvalue weighted by Gasteiger charge is 2.21. The highest BCUT2D eigenvalue weighted by atomic mass is 35.5. The molecule has 1 aliphatic rings. The molecule has 2 aromatic carbocycles. The van der Waals surface area contributed by atoms with Crippen LogP contribution in [0.25, 0.3) is 11.3 Å². The predicted octanol–water partition coefficient (Wildman–Crippen LogP) is 6.64. The summed E-state index contributed by atoms with van der Waals surface area (Å²) in [5.41, 5.74) is 4.12. The molecule has 0 unspecified atom stereocenters. The highest BCUT2D eigenvalue weighted by molar-refractivity contribution is 8.01. The summed E-state index contributed by atoms with van der Waals surface area (Å²) in [6.07, 6.45) is 4.99. The van der Waals surface area contributed by atoms with Crippen LogP contribution in [0.5, 0.6) is 0 Å². The number of anilines is 1. The van der Waals surface area contributed by atoms with Crippen LogP contribution in [0.2, 0.25) is 10.0 Å². The van der Waals surface area contributed by atoms with E-state index in [-0.39, 0.29) is 17.9 Å². The van der Waals surface area contributed by atoms with Gasteiger partial charge < -0.3 is 10.6 Å². The third-order valence-corrected chi connectivity index (χ3v) is 9.28. The summed E-state index contributed by atoms with van der Waals surface area (Å²) in [5, 5.41) is 9.17. The van der Waals surface area contributed by atoms with Crippen molar-refractivity contribution in [2.75, 3.05) is 24.2 Å². The number of aromatic nitrogens is 2. The van der Waals surface area contributed by atoms with Crippen LogP contribution >= 0.6 is 46.3 Å². The number of benzene rings is 2. The van der Waals surface area contributed by atoms with Crippen molar-refractivity contribution in [3.8, 4) is 11.3 Å². The summed E-state index contributed by atoms with van der Waals surface area (Å²) in [5.74, 6) is 0.147. The molecule has 0 radical (unpaired) electrons. The van der Waals surface area contributed by atoms with Gasteiger partial charge in [-0.05, 0) is 54.8 Å². The Morgan fingerprint density at radius 3 is 2.58 bits per heavy atom. The number of carbonyl (C=O) groups excluding carboxylic acids is 2. The van der Waals surface area contributed by atoms with Crippen molar-refractivity contribution in [1.82, 2.24) is 20.2 Å². The molecule has 2 N–H and O–H groups in total. The van der Waals surface area contributed by atoms with Gasteiger partial charge in [0.2, 0.25) is 5.91 Å². The van der Waals surface area contributed by atoms with Gasteiger partial charge in [-0.15, -0.1) is 11.3 Å². The molecular weight excluding hydrogens is 585 g/mol. The molecule has 1 saturated heterocycles. The molecule has 7 nitrogen and oxygen atoms in total. The second-order valence-electron chi connectivity index (χ2n) is 9.43. The number of likely N-dealkylation sites (tertiary alicyclic amines) is 1. The minimum absolute atomic E-state index is 0.0263. The molecule has 0 saturated carbocycles. The van der Waals surface area contributed by atoms with E-state index in [1.807, 2.05) is 47.8 Å². The lowest BCUT2D eigenvalue weighted by atomic mass is 10.0. The standard InChI is InChI=1S/C29H27Cl2N5O2S2/c30-24-8-3-19(14-25(24)31)16-36-12-9-23(10-13-36)33-27(37)18-40-29-35-26(17-39-29)20-4-6-22(7-5-20)34-28(38)21-2-1-11-32-15-21/h1-8,11,14-15,17,23H,9-10,12-13,16,18H2,(H,33,37)(H,34,38). The molecular formula is C29H27Cl2N5O2S2. The monoisotopic (exact) mass is 611 g/mol. The number of amides is 2. The Bertz CT molecular complexity index is 1460. The Hall–Kier alpha value is -2.95. The Morgan fingerprint density at radius 2 is 1.85 bits per heavy atom. The molecule has 1 aliphatic heterocycles. The van der Waals surface area contributed by atoms with Gasteiger partial charge in [0.05, 0.1) is 27.1 Å². The van der Waals surface area contributed by atoms with Gasteiger partial charge in [0.15, 0.2) is 4.34 Å². The molecule has 2 amide bonds. The van der Waals surface area contributed by atoms with Gasteiger partial charge in [0.1, 0.15) is 0 Å². The Morgan fingerprint density at radius 1 is 1.05 bits per heavy atom. The van der Waals surface area contributed by atoms with E-state index in [1.54, 1.807) is 18.3 Å². The normalized spacial score (nSPS) is 14.2. The maximum atomic E-state index is 12.6. The van der Waals surface area contributed by atoms with Crippen molar-refractivity contribution in [2.45, 2.75) is 29.8 Å². The zero-order chi connectivity index (χ0) is 27.9. The summed E-state index contributed by atoms with van der Waals surface area (Å²) in [4.78, 5) is 35.9. The molecule has 0 spiro atoms. The summed E-state index contributed by atoms with van der Waals surface area (Å²) >= 11 is 15.1. The average Bonchev–Trinajstić information content (AvgIpc) is 3.45. The van der Waals surface area contributed by atoms with Crippen LogP contribution < -0.4 is 10.6 Å². The second kappa shape index (κ2) is 13.6. The van der Waals surface area contributed by atoms with Gasteiger partial charge in [-0.2, -0.15) is 0 Å². The number of pyridine rings is 1. The molecule has 5 rings (SSSR count). The fourth-order valence-electron chi connectivity index (χ4n) is 4.41. The molecule has 1 fully saturated rings. The van der Waals surface area contributed by atoms with E-state index in [0.717, 1.165) is 53.6 Å². The van der Waals surface area contributed by atoms with Gasteiger partial charge >= 0.3 is 0 Å². The van der Waals surface area contributed by atoms with Crippen LogP contribution in [0.15, 0.2) is 76.7 Å². The fourth-order valence-corrected chi connectivity index (χ4v) is 6.38. The van der Waals surface area contributed by atoms with Gasteiger partial charge in [0, 0.05) is 54.7 Å². The number of hydrogen-bond acceptors (Lipinski definition) is 7. The van der Waals surface area contributed by atoms with Crippen LogP contribution in [0.4, 0.5) is 5.69 Å². The summed E-state index contributed by atoms with van der Waals surface area (Å²) in [7, 11) is 0. The van der Waals surface area contributed by atoms with E-state index in [1.165, 1.54) is 29.3 Å². The van der Waals surface area contributed by atoms with Crippen LogP contribution in [-0.2, 0) is 11.3 Å².